The normalized spacial score (nSPS) is 15.8. The monoisotopic (exact) mass is 615 g/mol. The number of aromatic nitrogens is 3. The molecule has 0 aliphatic carbocycles. The molecule has 0 spiro atoms. The van der Waals surface area contributed by atoms with Crippen molar-refractivity contribution >= 4 is 23.3 Å². The van der Waals surface area contributed by atoms with Crippen molar-refractivity contribution in [1.29, 1.82) is 0 Å². The summed E-state index contributed by atoms with van der Waals surface area (Å²) in [7, 11) is 1.83. The summed E-state index contributed by atoms with van der Waals surface area (Å²) in [5, 5.41) is 8.71. The molecule has 1 aromatic heterocycles. The second-order valence-corrected chi connectivity index (χ2v) is 13.5. The molecule has 3 aromatic rings. The lowest BCUT2D eigenvalue weighted by atomic mass is 9.98. The summed E-state index contributed by atoms with van der Waals surface area (Å²) in [5.41, 5.74) is 4.19. The zero-order valence-corrected chi connectivity index (χ0v) is 27.2. The van der Waals surface area contributed by atoms with Crippen molar-refractivity contribution < 1.29 is 23.5 Å². The van der Waals surface area contributed by atoms with Crippen LogP contribution in [0.3, 0.4) is 0 Å². The van der Waals surface area contributed by atoms with Gasteiger partial charge in [-0.05, 0) is 88.8 Å². The Bertz CT molecular complexity index is 1640. The molecule has 45 heavy (non-hydrogen) atoms. The van der Waals surface area contributed by atoms with Crippen LogP contribution >= 0.6 is 0 Å². The lowest BCUT2D eigenvalue weighted by Gasteiger charge is -2.29. The van der Waals surface area contributed by atoms with Gasteiger partial charge in [-0.3, -0.25) is 0 Å². The highest BCUT2D eigenvalue weighted by Gasteiger charge is 2.26. The van der Waals surface area contributed by atoms with Crippen LogP contribution in [0.5, 0.6) is 0 Å². The van der Waals surface area contributed by atoms with Crippen molar-refractivity contribution in [2.75, 3.05) is 26.2 Å². The highest BCUT2D eigenvalue weighted by atomic mass is 19.1. The maximum atomic E-state index is 15.5. The first-order valence-electron chi connectivity index (χ1n) is 15.3. The Labute approximate surface area is 264 Å². The van der Waals surface area contributed by atoms with Gasteiger partial charge in [-0.1, -0.05) is 42.5 Å². The van der Waals surface area contributed by atoms with Gasteiger partial charge < -0.3 is 23.8 Å². The predicted octanol–water partition coefficient (Wildman–Crippen LogP) is 7.34. The Morgan fingerprint density at radius 1 is 0.711 bits per heavy atom. The van der Waals surface area contributed by atoms with Crippen LogP contribution in [0.15, 0.2) is 54.6 Å². The van der Waals surface area contributed by atoms with E-state index in [2.05, 4.69) is 16.3 Å². The lowest BCUT2D eigenvalue weighted by molar-refractivity contribution is 0.0260. The molecule has 0 unspecified atom stereocenters. The average molecular weight is 616 g/mol. The first kappa shape index (κ1) is 31.9. The summed E-state index contributed by atoms with van der Waals surface area (Å²) >= 11 is 0. The van der Waals surface area contributed by atoms with E-state index in [1.165, 1.54) is 11.6 Å². The number of nitrogens with zero attached hydrogens (tertiary/aromatic N) is 5. The molecule has 2 aliphatic heterocycles. The van der Waals surface area contributed by atoms with E-state index in [9.17, 15) is 9.59 Å². The summed E-state index contributed by atoms with van der Waals surface area (Å²) in [6.45, 7) is 13.2. The average Bonchev–Trinajstić information content (AvgIpc) is 3.36. The Morgan fingerprint density at radius 2 is 1.18 bits per heavy atom. The van der Waals surface area contributed by atoms with Crippen LogP contribution in [0.25, 0.3) is 33.9 Å². The maximum Gasteiger partial charge on any atom is 0.410 e. The fourth-order valence-electron chi connectivity index (χ4n) is 5.39. The second-order valence-electron chi connectivity index (χ2n) is 13.5. The van der Waals surface area contributed by atoms with E-state index in [1.54, 1.807) is 20.4 Å². The van der Waals surface area contributed by atoms with E-state index in [1.807, 2.05) is 85.0 Å². The van der Waals surface area contributed by atoms with Crippen molar-refractivity contribution in [2.24, 2.45) is 7.05 Å². The van der Waals surface area contributed by atoms with Crippen molar-refractivity contribution in [3.63, 3.8) is 0 Å². The van der Waals surface area contributed by atoms with E-state index in [0.29, 0.717) is 49.8 Å². The van der Waals surface area contributed by atoms with Crippen molar-refractivity contribution in [1.82, 2.24) is 24.6 Å². The number of hydrogen-bond donors (Lipinski definition) is 0. The number of hydrogen-bond acceptors (Lipinski definition) is 6. The van der Waals surface area contributed by atoms with Crippen LogP contribution in [0.2, 0.25) is 0 Å². The molecule has 0 N–H and O–H groups in total. The highest BCUT2D eigenvalue weighted by molar-refractivity contribution is 5.75. The van der Waals surface area contributed by atoms with Gasteiger partial charge in [0, 0.05) is 38.8 Å². The maximum absolute atomic E-state index is 15.5. The molecule has 0 saturated heterocycles. The molecule has 0 saturated carbocycles. The fraction of sp³-hybridized carbons (Fsp3) is 0.429. The molecule has 0 fully saturated rings. The molecule has 0 atom stereocenters. The fourth-order valence-corrected chi connectivity index (χ4v) is 5.39. The Kier molecular flexibility index (Phi) is 8.87. The smallest absolute Gasteiger partial charge is 0.410 e. The van der Waals surface area contributed by atoms with Crippen molar-refractivity contribution in [3.05, 3.63) is 71.6 Å². The van der Waals surface area contributed by atoms with Crippen molar-refractivity contribution in [3.8, 4) is 22.8 Å². The topological polar surface area (TPSA) is 89.8 Å². The van der Waals surface area contributed by atoms with E-state index in [0.717, 1.165) is 28.7 Å². The third kappa shape index (κ3) is 7.61. The van der Waals surface area contributed by atoms with Gasteiger partial charge in [-0.15, -0.1) is 10.2 Å². The van der Waals surface area contributed by atoms with Crippen LogP contribution in [-0.2, 0) is 16.5 Å². The molecule has 2 aromatic carbocycles. The first-order valence-corrected chi connectivity index (χ1v) is 15.3. The first-order chi connectivity index (χ1) is 21.2. The number of amides is 2. The predicted molar refractivity (Wildman–Crippen MR) is 173 cm³/mol. The van der Waals surface area contributed by atoms with Gasteiger partial charge in [0.25, 0.3) is 0 Å². The number of halogens is 1. The highest BCUT2D eigenvalue weighted by Crippen LogP contribution is 2.31. The third-order valence-corrected chi connectivity index (χ3v) is 7.69. The summed E-state index contributed by atoms with van der Waals surface area (Å²) in [4.78, 5) is 28.1. The zero-order chi connectivity index (χ0) is 32.5. The minimum absolute atomic E-state index is 0.296. The van der Waals surface area contributed by atoms with Crippen LogP contribution in [0, 0.1) is 5.82 Å². The molecule has 9 nitrogen and oxygen atoms in total. The molecule has 2 aliphatic rings. The Morgan fingerprint density at radius 3 is 1.64 bits per heavy atom. The minimum atomic E-state index is -0.551. The van der Waals surface area contributed by atoms with E-state index in [4.69, 9.17) is 9.47 Å². The van der Waals surface area contributed by atoms with Gasteiger partial charge in [-0.2, -0.15) is 0 Å². The summed E-state index contributed by atoms with van der Waals surface area (Å²) in [6.07, 6.45) is 4.73. The zero-order valence-electron chi connectivity index (χ0n) is 27.2. The van der Waals surface area contributed by atoms with Gasteiger partial charge in [-0.25, -0.2) is 14.0 Å². The van der Waals surface area contributed by atoms with E-state index in [-0.39, 0.29) is 18.0 Å². The SMILES string of the molecule is Cn1c(-c2ccc(C3=CCN(C(=O)OC(C)(C)C)CC3)cc2)nnc1-c1ccc(C2=CCN(C(=O)OC(C)(C)C)CC2)cc1F. The van der Waals surface area contributed by atoms with Gasteiger partial charge in [0.15, 0.2) is 11.6 Å². The van der Waals surface area contributed by atoms with Crippen LogP contribution < -0.4 is 0 Å². The molecule has 10 heteroatoms. The number of carbonyl (C=O) groups is 2. The summed E-state index contributed by atoms with van der Waals surface area (Å²) < 4.78 is 28.2. The van der Waals surface area contributed by atoms with Crippen LogP contribution in [0.4, 0.5) is 14.0 Å². The summed E-state index contributed by atoms with van der Waals surface area (Å²) in [5.74, 6) is 0.681. The summed E-state index contributed by atoms with van der Waals surface area (Å²) in [6, 6.07) is 13.2. The molecule has 5 rings (SSSR count). The van der Waals surface area contributed by atoms with E-state index < -0.39 is 11.2 Å². The molecule has 2 amide bonds. The Hall–Kier alpha value is -4.47. The van der Waals surface area contributed by atoms with Gasteiger partial charge in [0.2, 0.25) is 0 Å². The van der Waals surface area contributed by atoms with Crippen LogP contribution in [0.1, 0.15) is 65.5 Å². The number of carbonyl (C=O) groups excluding carboxylic acids is 2. The lowest BCUT2D eigenvalue weighted by Crippen LogP contribution is -2.39. The Balaban J connectivity index is 1.25. The molecular weight excluding hydrogens is 573 g/mol. The molecule has 3 heterocycles. The van der Waals surface area contributed by atoms with Crippen molar-refractivity contribution in [2.45, 2.75) is 65.6 Å². The largest absolute Gasteiger partial charge is 0.444 e. The number of benzene rings is 2. The number of rotatable bonds is 4. The minimum Gasteiger partial charge on any atom is -0.444 e. The van der Waals surface area contributed by atoms with Gasteiger partial charge in [0.1, 0.15) is 17.0 Å². The number of ether oxygens (including phenoxy) is 2. The van der Waals surface area contributed by atoms with Crippen LogP contribution in [-0.4, -0.2) is 74.1 Å². The van der Waals surface area contributed by atoms with E-state index >= 15 is 4.39 Å². The van der Waals surface area contributed by atoms with Gasteiger partial charge in [0.05, 0.1) is 5.56 Å². The molecule has 238 valence electrons. The van der Waals surface area contributed by atoms with Gasteiger partial charge >= 0.3 is 12.2 Å². The molecule has 0 bridgehead atoms. The molecular formula is C35H42FN5O4. The quantitative estimate of drug-likeness (QED) is 0.305. The third-order valence-electron chi connectivity index (χ3n) is 7.69. The molecule has 0 radical (unpaired) electrons. The second kappa shape index (κ2) is 12.5. The standard InChI is InChI=1S/C35H42FN5O4/c1-34(2,3)44-32(42)40-18-14-24(15-19-40)23-8-10-26(11-9-23)30-37-38-31(39(30)7)28-13-12-27(22-29(28)36)25-16-20-41(21-17-25)33(43)45-35(4,5)6/h8-14,16,22H,15,17-21H2,1-7H3.